The number of nitro benzene ring substituents is 1. The van der Waals surface area contributed by atoms with Crippen LogP contribution < -0.4 is 10.1 Å². The van der Waals surface area contributed by atoms with E-state index in [4.69, 9.17) is 4.74 Å². The summed E-state index contributed by atoms with van der Waals surface area (Å²) in [6.45, 7) is 5.69. The van der Waals surface area contributed by atoms with Gasteiger partial charge in [-0.05, 0) is 38.0 Å². The molecule has 126 valence electrons. The van der Waals surface area contributed by atoms with Crippen LogP contribution in [0.4, 0.5) is 5.69 Å². The van der Waals surface area contributed by atoms with Crippen molar-refractivity contribution in [3.8, 4) is 5.75 Å². The van der Waals surface area contributed by atoms with E-state index in [0.29, 0.717) is 6.54 Å². The van der Waals surface area contributed by atoms with Crippen LogP contribution in [0.2, 0.25) is 0 Å². The quantitative estimate of drug-likeness (QED) is 0.651. The van der Waals surface area contributed by atoms with Gasteiger partial charge in [0.05, 0.1) is 4.92 Å². The zero-order valence-corrected chi connectivity index (χ0v) is 13.9. The molecule has 6 heteroatoms. The third-order valence-electron chi connectivity index (χ3n) is 3.57. The van der Waals surface area contributed by atoms with Crippen molar-refractivity contribution in [1.82, 2.24) is 5.32 Å². The highest BCUT2D eigenvalue weighted by atomic mass is 16.6. The molecular weight excluding hydrogens is 308 g/mol. The summed E-state index contributed by atoms with van der Waals surface area (Å²) < 4.78 is 5.48. The summed E-state index contributed by atoms with van der Waals surface area (Å²) in [4.78, 5) is 22.7. The van der Waals surface area contributed by atoms with E-state index < -0.39 is 11.0 Å². The first kappa shape index (κ1) is 17.5. The second kappa shape index (κ2) is 7.59. The van der Waals surface area contributed by atoms with Crippen LogP contribution in [-0.2, 0) is 11.3 Å². The fourth-order valence-electron chi connectivity index (χ4n) is 2.15. The van der Waals surface area contributed by atoms with Crippen molar-refractivity contribution in [3.63, 3.8) is 0 Å². The molecule has 0 aliphatic heterocycles. The van der Waals surface area contributed by atoms with Gasteiger partial charge >= 0.3 is 5.69 Å². The minimum Gasteiger partial charge on any atom is -0.474 e. The number of ether oxygens (including phenoxy) is 1. The van der Waals surface area contributed by atoms with Crippen molar-refractivity contribution in [2.45, 2.75) is 33.4 Å². The van der Waals surface area contributed by atoms with Gasteiger partial charge in [0.25, 0.3) is 5.91 Å². The van der Waals surface area contributed by atoms with Crippen LogP contribution in [-0.4, -0.2) is 16.9 Å². The van der Waals surface area contributed by atoms with Crippen molar-refractivity contribution in [2.24, 2.45) is 0 Å². The van der Waals surface area contributed by atoms with Crippen LogP contribution in [0.5, 0.6) is 5.75 Å². The van der Waals surface area contributed by atoms with Crippen LogP contribution in [0.1, 0.15) is 23.6 Å². The summed E-state index contributed by atoms with van der Waals surface area (Å²) >= 11 is 0. The lowest BCUT2D eigenvalue weighted by Gasteiger charge is -2.15. The van der Waals surface area contributed by atoms with Crippen LogP contribution in [0, 0.1) is 24.0 Å². The molecule has 2 aromatic carbocycles. The first-order chi connectivity index (χ1) is 11.4. The average Bonchev–Trinajstić information content (AvgIpc) is 2.55. The van der Waals surface area contributed by atoms with Gasteiger partial charge in [0, 0.05) is 12.6 Å². The third kappa shape index (κ3) is 4.55. The molecular formula is C18H20N2O4. The van der Waals surface area contributed by atoms with E-state index in [1.165, 1.54) is 12.1 Å². The monoisotopic (exact) mass is 328 g/mol. The maximum Gasteiger partial charge on any atom is 0.311 e. The average molecular weight is 328 g/mol. The SMILES string of the molecule is Cc1ccc(CNC(=O)[C@H](C)Oc2ccc(C)cc2[N+](=O)[O-])cc1. The standard InChI is InChI=1S/C18H20N2O4/c1-12-4-7-15(8-5-12)11-19-18(21)14(3)24-17-9-6-13(2)10-16(17)20(22)23/h4-10,14H,11H2,1-3H3,(H,19,21)/t14-/m0/s1. The predicted molar refractivity (Wildman–Crippen MR) is 90.9 cm³/mol. The zero-order valence-electron chi connectivity index (χ0n) is 13.9. The van der Waals surface area contributed by atoms with E-state index in [1.807, 2.05) is 31.2 Å². The Balaban J connectivity index is 1.99. The fourth-order valence-corrected chi connectivity index (χ4v) is 2.15. The Labute approximate surface area is 140 Å². The van der Waals surface area contributed by atoms with Gasteiger partial charge in [0.2, 0.25) is 0 Å². The molecule has 0 saturated carbocycles. The zero-order chi connectivity index (χ0) is 17.7. The topological polar surface area (TPSA) is 81.5 Å². The van der Waals surface area contributed by atoms with Crippen molar-refractivity contribution in [3.05, 3.63) is 69.3 Å². The van der Waals surface area contributed by atoms with Gasteiger partial charge in [-0.3, -0.25) is 14.9 Å². The molecule has 1 N–H and O–H groups in total. The van der Waals surface area contributed by atoms with Crippen LogP contribution in [0.25, 0.3) is 0 Å². The van der Waals surface area contributed by atoms with E-state index in [1.54, 1.807) is 19.9 Å². The number of aryl methyl sites for hydroxylation is 2. The van der Waals surface area contributed by atoms with Crippen molar-refractivity contribution >= 4 is 11.6 Å². The number of benzene rings is 2. The molecule has 1 atom stereocenters. The Kier molecular flexibility index (Phi) is 5.52. The number of carbonyl (C=O) groups excluding carboxylic acids is 1. The number of hydrogen-bond acceptors (Lipinski definition) is 4. The Morgan fingerprint density at radius 3 is 2.42 bits per heavy atom. The highest BCUT2D eigenvalue weighted by molar-refractivity contribution is 5.80. The molecule has 0 radical (unpaired) electrons. The van der Waals surface area contributed by atoms with Gasteiger partial charge in [0.1, 0.15) is 0 Å². The lowest BCUT2D eigenvalue weighted by molar-refractivity contribution is -0.386. The van der Waals surface area contributed by atoms with Crippen molar-refractivity contribution in [2.75, 3.05) is 0 Å². The van der Waals surface area contributed by atoms with Crippen LogP contribution >= 0.6 is 0 Å². The molecule has 0 aliphatic carbocycles. The molecule has 0 fully saturated rings. The van der Waals surface area contributed by atoms with Gasteiger partial charge < -0.3 is 10.1 Å². The largest absolute Gasteiger partial charge is 0.474 e. The second-order valence-electron chi connectivity index (χ2n) is 5.69. The smallest absolute Gasteiger partial charge is 0.311 e. The Morgan fingerprint density at radius 1 is 1.17 bits per heavy atom. The first-order valence-electron chi connectivity index (χ1n) is 7.62. The molecule has 0 aliphatic rings. The van der Waals surface area contributed by atoms with Crippen LogP contribution in [0.15, 0.2) is 42.5 Å². The number of nitrogens with zero attached hydrogens (tertiary/aromatic N) is 1. The third-order valence-corrected chi connectivity index (χ3v) is 3.57. The molecule has 0 unspecified atom stereocenters. The first-order valence-corrected chi connectivity index (χ1v) is 7.62. The summed E-state index contributed by atoms with van der Waals surface area (Å²) in [5.74, 6) is -0.242. The highest BCUT2D eigenvalue weighted by Crippen LogP contribution is 2.28. The van der Waals surface area contributed by atoms with Gasteiger partial charge in [-0.2, -0.15) is 0 Å². The van der Waals surface area contributed by atoms with Crippen molar-refractivity contribution in [1.29, 1.82) is 0 Å². The molecule has 0 heterocycles. The van der Waals surface area contributed by atoms with Crippen molar-refractivity contribution < 1.29 is 14.5 Å². The highest BCUT2D eigenvalue weighted by Gasteiger charge is 2.21. The Hall–Kier alpha value is -2.89. The lowest BCUT2D eigenvalue weighted by atomic mass is 10.1. The predicted octanol–water partition coefficient (Wildman–Crippen LogP) is 3.30. The maximum absolute atomic E-state index is 12.1. The minimum atomic E-state index is -0.836. The molecule has 6 nitrogen and oxygen atoms in total. The number of nitro groups is 1. The van der Waals surface area contributed by atoms with E-state index in [2.05, 4.69) is 5.32 Å². The number of hydrogen-bond donors (Lipinski definition) is 1. The Morgan fingerprint density at radius 2 is 1.79 bits per heavy atom. The molecule has 0 saturated heterocycles. The number of rotatable bonds is 6. The van der Waals surface area contributed by atoms with Gasteiger partial charge in [0.15, 0.2) is 11.9 Å². The van der Waals surface area contributed by atoms with E-state index >= 15 is 0 Å². The number of amides is 1. The summed E-state index contributed by atoms with van der Waals surface area (Å²) in [6, 6.07) is 12.5. The molecule has 1 amide bonds. The van der Waals surface area contributed by atoms with E-state index in [0.717, 1.165) is 16.7 Å². The molecule has 0 spiro atoms. The normalized spacial score (nSPS) is 11.6. The minimum absolute atomic E-state index is 0.0867. The Bertz CT molecular complexity index is 741. The van der Waals surface area contributed by atoms with E-state index in [-0.39, 0.29) is 17.3 Å². The summed E-state index contributed by atoms with van der Waals surface area (Å²) in [6.07, 6.45) is -0.836. The van der Waals surface area contributed by atoms with E-state index in [9.17, 15) is 14.9 Å². The molecule has 2 rings (SSSR count). The summed E-state index contributed by atoms with van der Waals surface area (Å²) in [5, 5.41) is 13.9. The molecule has 0 aromatic heterocycles. The second-order valence-corrected chi connectivity index (χ2v) is 5.69. The lowest BCUT2D eigenvalue weighted by Crippen LogP contribution is -2.36. The molecule has 24 heavy (non-hydrogen) atoms. The summed E-state index contributed by atoms with van der Waals surface area (Å²) in [5.41, 5.74) is 2.73. The fraction of sp³-hybridized carbons (Fsp3) is 0.278. The molecule has 0 bridgehead atoms. The van der Waals surface area contributed by atoms with Gasteiger partial charge in [-0.15, -0.1) is 0 Å². The van der Waals surface area contributed by atoms with Gasteiger partial charge in [-0.1, -0.05) is 35.9 Å². The number of nitrogens with one attached hydrogen (secondary N) is 1. The summed E-state index contributed by atoms with van der Waals surface area (Å²) in [7, 11) is 0. The molecule has 2 aromatic rings. The van der Waals surface area contributed by atoms with Gasteiger partial charge in [-0.25, -0.2) is 0 Å². The van der Waals surface area contributed by atoms with Crippen LogP contribution in [0.3, 0.4) is 0 Å². The number of carbonyl (C=O) groups is 1. The maximum atomic E-state index is 12.1.